The molecule has 24 heavy (non-hydrogen) atoms. The van der Waals surface area contributed by atoms with E-state index >= 15 is 0 Å². The number of carboxylic acid groups (broad SMARTS) is 1. The van der Waals surface area contributed by atoms with Gasteiger partial charge >= 0.3 is 12.1 Å². The number of nitrogens with zero attached hydrogens (tertiary/aromatic N) is 1. The fraction of sp³-hybridized carbons (Fsp3) is 0.222. The van der Waals surface area contributed by atoms with Crippen molar-refractivity contribution in [3.63, 3.8) is 0 Å². The zero-order valence-corrected chi connectivity index (χ0v) is 13.3. The molecule has 0 aliphatic rings. The van der Waals surface area contributed by atoms with Crippen molar-refractivity contribution in [2.45, 2.75) is 13.2 Å². The van der Waals surface area contributed by atoms with E-state index in [1.807, 2.05) is 30.3 Å². The van der Waals surface area contributed by atoms with Crippen LogP contribution in [0.1, 0.15) is 11.1 Å². The van der Waals surface area contributed by atoms with E-state index in [0.717, 1.165) is 16.0 Å². The molecule has 0 aromatic heterocycles. The van der Waals surface area contributed by atoms with Crippen LogP contribution in [-0.4, -0.2) is 35.7 Å². The summed E-state index contributed by atoms with van der Waals surface area (Å²) in [7, 11) is 1.56. The highest BCUT2D eigenvalue weighted by molar-refractivity contribution is 5.76. The SMILES string of the molecule is COc1ccc(CN(CC(=O)O)C(=O)OCc2ccccc2)cc1. The number of ether oxygens (including phenoxy) is 2. The van der Waals surface area contributed by atoms with Crippen molar-refractivity contribution in [3.05, 3.63) is 65.7 Å². The van der Waals surface area contributed by atoms with Gasteiger partial charge in [-0.3, -0.25) is 9.69 Å². The molecule has 0 spiro atoms. The van der Waals surface area contributed by atoms with Crippen LogP contribution in [0.2, 0.25) is 0 Å². The normalized spacial score (nSPS) is 10.0. The van der Waals surface area contributed by atoms with Gasteiger partial charge in [-0.15, -0.1) is 0 Å². The molecule has 0 fully saturated rings. The van der Waals surface area contributed by atoms with Crippen molar-refractivity contribution in [3.8, 4) is 5.75 Å². The third kappa shape index (κ3) is 5.31. The fourth-order valence-electron chi connectivity index (χ4n) is 2.11. The molecule has 0 saturated carbocycles. The van der Waals surface area contributed by atoms with Gasteiger partial charge in [0, 0.05) is 6.54 Å². The van der Waals surface area contributed by atoms with Crippen LogP contribution < -0.4 is 4.74 Å². The second-order valence-corrected chi connectivity index (χ2v) is 5.14. The molecule has 1 N–H and O–H groups in total. The van der Waals surface area contributed by atoms with Crippen molar-refractivity contribution < 1.29 is 24.2 Å². The molecule has 0 heterocycles. The Balaban J connectivity index is 2.00. The third-order valence-electron chi connectivity index (χ3n) is 3.32. The summed E-state index contributed by atoms with van der Waals surface area (Å²) in [5, 5.41) is 9.01. The van der Waals surface area contributed by atoms with Gasteiger partial charge in [0.15, 0.2) is 0 Å². The van der Waals surface area contributed by atoms with Crippen LogP contribution in [0.4, 0.5) is 4.79 Å². The number of hydrogen-bond donors (Lipinski definition) is 1. The van der Waals surface area contributed by atoms with E-state index in [2.05, 4.69) is 0 Å². The van der Waals surface area contributed by atoms with Gasteiger partial charge in [0.25, 0.3) is 0 Å². The lowest BCUT2D eigenvalue weighted by atomic mass is 10.2. The maximum absolute atomic E-state index is 12.2. The Morgan fingerprint density at radius 1 is 1.00 bits per heavy atom. The maximum Gasteiger partial charge on any atom is 0.410 e. The molecular formula is C18H19NO5. The predicted octanol–water partition coefficient (Wildman–Crippen LogP) is 2.92. The number of benzene rings is 2. The van der Waals surface area contributed by atoms with Crippen molar-refractivity contribution in [1.29, 1.82) is 0 Å². The summed E-state index contributed by atoms with van der Waals surface area (Å²) >= 11 is 0. The number of rotatable bonds is 7. The van der Waals surface area contributed by atoms with Crippen LogP contribution in [0.3, 0.4) is 0 Å². The van der Waals surface area contributed by atoms with Crippen LogP contribution in [0.15, 0.2) is 54.6 Å². The minimum absolute atomic E-state index is 0.0956. The summed E-state index contributed by atoms with van der Waals surface area (Å²) in [5.41, 5.74) is 1.62. The molecule has 126 valence electrons. The van der Waals surface area contributed by atoms with Crippen molar-refractivity contribution >= 4 is 12.1 Å². The number of methoxy groups -OCH3 is 1. The molecule has 0 aliphatic carbocycles. The number of aliphatic carboxylic acids is 1. The average Bonchev–Trinajstić information content (AvgIpc) is 2.60. The van der Waals surface area contributed by atoms with Gasteiger partial charge in [0.2, 0.25) is 0 Å². The van der Waals surface area contributed by atoms with E-state index in [0.29, 0.717) is 5.75 Å². The minimum Gasteiger partial charge on any atom is -0.497 e. The van der Waals surface area contributed by atoms with E-state index < -0.39 is 18.6 Å². The second kappa shape index (κ2) is 8.57. The fourth-order valence-corrected chi connectivity index (χ4v) is 2.11. The molecule has 0 radical (unpaired) electrons. The van der Waals surface area contributed by atoms with Gasteiger partial charge in [-0.2, -0.15) is 0 Å². The monoisotopic (exact) mass is 329 g/mol. The van der Waals surface area contributed by atoms with Crippen LogP contribution >= 0.6 is 0 Å². The third-order valence-corrected chi connectivity index (χ3v) is 3.32. The lowest BCUT2D eigenvalue weighted by molar-refractivity contribution is -0.138. The summed E-state index contributed by atoms with van der Waals surface area (Å²) < 4.78 is 10.3. The summed E-state index contributed by atoms with van der Waals surface area (Å²) in [6.45, 7) is -0.192. The highest BCUT2D eigenvalue weighted by atomic mass is 16.6. The van der Waals surface area contributed by atoms with E-state index in [1.54, 1.807) is 31.4 Å². The van der Waals surface area contributed by atoms with Gasteiger partial charge in [0.1, 0.15) is 18.9 Å². The summed E-state index contributed by atoms with van der Waals surface area (Å²) in [4.78, 5) is 24.4. The Labute approximate surface area is 140 Å². The molecule has 0 aliphatic heterocycles. The first-order valence-corrected chi connectivity index (χ1v) is 7.39. The number of hydrogen-bond acceptors (Lipinski definition) is 4. The molecule has 0 saturated heterocycles. The molecule has 6 nitrogen and oxygen atoms in total. The van der Waals surface area contributed by atoms with Gasteiger partial charge in [-0.1, -0.05) is 42.5 Å². The molecule has 2 aromatic carbocycles. The summed E-state index contributed by atoms with van der Waals surface area (Å²) in [6, 6.07) is 16.3. The Morgan fingerprint density at radius 2 is 1.67 bits per heavy atom. The van der Waals surface area contributed by atoms with Crippen molar-refractivity contribution in [2.24, 2.45) is 0 Å². The first-order valence-electron chi connectivity index (χ1n) is 7.39. The zero-order valence-electron chi connectivity index (χ0n) is 13.3. The largest absolute Gasteiger partial charge is 0.497 e. The van der Waals surface area contributed by atoms with E-state index in [1.165, 1.54) is 0 Å². The molecule has 0 unspecified atom stereocenters. The van der Waals surface area contributed by atoms with Crippen LogP contribution in [0.5, 0.6) is 5.75 Å². The smallest absolute Gasteiger partial charge is 0.410 e. The highest BCUT2D eigenvalue weighted by Gasteiger charge is 2.18. The van der Waals surface area contributed by atoms with Crippen LogP contribution in [0.25, 0.3) is 0 Å². The molecule has 1 amide bonds. The van der Waals surface area contributed by atoms with Crippen molar-refractivity contribution in [2.75, 3.05) is 13.7 Å². The Kier molecular flexibility index (Phi) is 6.19. The lowest BCUT2D eigenvalue weighted by Gasteiger charge is -2.20. The first kappa shape index (κ1) is 17.3. The Bertz CT molecular complexity index is 670. The molecule has 6 heteroatoms. The molecule has 2 rings (SSSR count). The topological polar surface area (TPSA) is 76.1 Å². The molecular weight excluding hydrogens is 310 g/mol. The second-order valence-electron chi connectivity index (χ2n) is 5.14. The predicted molar refractivity (Wildman–Crippen MR) is 87.7 cm³/mol. The van der Waals surface area contributed by atoms with Crippen molar-refractivity contribution in [1.82, 2.24) is 4.90 Å². The number of carbonyl (C=O) groups is 2. The van der Waals surface area contributed by atoms with E-state index in [4.69, 9.17) is 14.6 Å². The lowest BCUT2D eigenvalue weighted by Crippen LogP contribution is -2.35. The maximum atomic E-state index is 12.2. The number of carbonyl (C=O) groups excluding carboxylic acids is 1. The number of amides is 1. The Hall–Kier alpha value is -3.02. The van der Waals surface area contributed by atoms with Crippen LogP contribution in [0, 0.1) is 0 Å². The molecule has 0 bridgehead atoms. The Morgan fingerprint density at radius 3 is 2.25 bits per heavy atom. The minimum atomic E-state index is -1.10. The molecule has 2 aromatic rings. The zero-order chi connectivity index (χ0) is 17.4. The van der Waals surface area contributed by atoms with Crippen LogP contribution in [-0.2, 0) is 22.7 Å². The summed E-state index contributed by atoms with van der Waals surface area (Å²) in [6.07, 6.45) is -0.669. The van der Waals surface area contributed by atoms with E-state index in [9.17, 15) is 9.59 Å². The average molecular weight is 329 g/mol. The van der Waals surface area contributed by atoms with E-state index in [-0.39, 0.29) is 13.2 Å². The van der Waals surface area contributed by atoms with Gasteiger partial charge in [-0.25, -0.2) is 4.79 Å². The quantitative estimate of drug-likeness (QED) is 0.845. The number of carboxylic acids is 1. The first-order chi connectivity index (χ1) is 11.6. The van der Waals surface area contributed by atoms with Gasteiger partial charge < -0.3 is 14.6 Å². The molecule has 0 atom stereocenters. The van der Waals surface area contributed by atoms with Gasteiger partial charge in [-0.05, 0) is 23.3 Å². The summed E-state index contributed by atoms with van der Waals surface area (Å²) in [5.74, 6) is -0.407. The highest BCUT2D eigenvalue weighted by Crippen LogP contribution is 2.14. The standard InChI is InChI=1S/C18H19NO5/c1-23-16-9-7-14(8-10-16)11-19(12-17(20)21)18(22)24-13-15-5-3-2-4-6-15/h2-10H,11-13H2,1H3,(H,20,21). The van der Waals surface area contributed by atoms with Gasteiger partial charge in [0.05, 0.1) is 7.11 Å².